The Labute approximate surface area is 170 Å². The van der Waals surface area contributed by atoms with Gasteiger partial charge in [0.25, 0.3) is 5.56 Å². The highest BCUT2D eigenvalue weighted by molar-refractivity contribution is 9.10. The Morgan fingerprint density at radius 1 is 1.14 bits per heavy atom. The van der Waals surface area contributed by atoms with Crippen molar-refractivity contribution < 1.29 is 9.53 Å². The molecule has 2 amide bonds. The van der Waals surface area contributed by atoms with Crippen molar-refractivity contribution in [2.45, 2.75) is 13.5 Å². The number of nitrogens with zero attached hydrogens (tertiary/aromatic N) is 2. The molecule has 0 fully saturated rings. The molecule has 3 aromatic rings. The van der Waals surface area contributed by atoms with Crippen LogP contribution in [0.15, 0.2) is 63.9 Å². The lowest BCUT2D eigenvalue weighted by Gasteiger charge is -2.11. The Bertz CT molecular complexity index is 1050. The third kappa shape index (κ3) is 4.98. The van der Waals surface area contributed by atoms with Gasteiger partial charge in [-0.05, 0) is 55.0 Å². The van der Waals surface area contributed by atoms with Gasteiger partial charge in [0.1, 0.15) is 11.4 Å². The number of aromatic nitrogens is 2. The van der Waals surface area contributed by atoms with E-state index in [2.05, 4.69) is 31.7 Å². The standard InChI is InChI=1S/C20H19BrN4O3/c1-13-10-18(23-20(27)22-16-8-6-15(21)7-9-16)19(26)25(24-13)12-14-4-3-5-17(11-14)28-2/h3-11H,12H2,1-2H3,(H2,22,23,27). The predicted molar refractivity (Wildman–Crippen MR) is 112 cm³/mol. The van der Waals surface area contributed by atoms with Gasteiger partial charge in [-0.3, -0.25) is 4.79 Å². The number of hydrogen-bond donors (Lipinski definition) is 2. The van der Waals surface area contributed by atoms with E-state index in [1.165, 1.54) is 4.68 Å². The van der Waals surface area contributed by atoms with Gasteiger partial charge >= 0.3 is 6.03 Å². The van der Waals surface area contributed by atoms with Gasteiger partial charge in [0.15, 0.2) is 0 Å². The van der Waals surface area contributed by atoms with Crippen molar-refractivity contribution in [2.75, 3.05) is 17.7 Å². The Morgan fingerprint density at radius 3 is 2.61 bits per heavy atom. The van der Waals surface area contributed by atoms with Crippen LogP contribution in [0.5, 0.6) is 5.75 Å². The fraction of sp³-hybridized carbons (Fsp3) is 0.150. The molecule has 0 radical (unpaired) electrons. The van der Waals surface area contributed by atoms with Crippen LogP contribution in [-0.2, 0) is 6.54 Å². The first kappa shape index (κ1) is 19.6. The van der Waals surface area contributed by atoms with Crippen LogP contribution in [0.2, 0.25) is 0 Å². The van der Waals surface area contributed by atoms with Gasteiger partial charge in [-0.15, -0.1) is 0 Å². The fourth-order valence-corrected chi connectivity index (χ4v) is 2.90. The largest absolute Gasteiger partial charge is 0.497 e. The van der Waals surface area contributed by atoms with Gasteiger partial charge in [-0.1, -0.05) is 28.1 Å². The number of rotatable bonds is 5. The maximum atomic E-state index is 12.7. The monoisotopic (exact) mass is 442 g/mol. The van der Waals surface area contributed by atoms with E-state index in [0.29, 0.717) is 17.1 Å². The second-order valence-corrected chi connectivity index (χ2v) is 7.02. The molecule has 144 valence electrons. The Hall–Kier alpha value is -3.13. The molecule has 0 aliphatic carbocycles. The van der Waals surface area contributed by atoms with E-state index in [1.54, 1.807) is 32.2 Å². The second-order valence-electron chi connectivity index (χ2n) is 6.10. The summed E-state index contributed by atoms with van der Waals surface area (Å²) in [6, 6.07) is 15.6. The molecule has 2 aromatic carbocycles. The zero-order valence-electron chi connectivity index (χ0n) is 15.4. The Kier molecular flexibility index (Phi) is 6.10. The molecule has 0 aliphatic heterocycles. The molecule has 28 heavy (non-hydrogen) atoms. The average Bonchev–Trinajstić information content (AvgIpc) is 2.67. The number of nitrogens with one attached hydrogen (secondary N) is 2. The number of hydrogen-bond acceptors (Lipinski definition) is 4. The van der Waals surface area contributed by atoms with E-state index < -0.39 is 6.03 Å². The molecule has 8 heteroatoms. The second kappa shape index (κ2) is 8.71. The van der Waals surface area contributed by atoms with Crippen LogP contribution in [0, 0.1) is 6.92 Å². The van der Waals surface area contributed by atoms with Crippen molar-refractivity contribution in [1.29, 1.82) is 0 Å². The smallest absolute Gasteiger partial charge is 0.323 e. The number of carbonyl (C=O) groups is 1. The van der Waals surface area contributed by atoms with Gasteiger partial charge in [-0.2, -0.15) is 5.10 Å². The maximum Gasteiger partial charge on any atom is 0.323 e. The Morgan fingerprint density at radius 2 is 1.89 bits per heavy atom. The highest BCUT2D eigenvalue weighted by atomic mass is 79.9. The number of ether oxygens (including phenoxy) is 1. The molecule has 1 aromatic heterocycles. The molecule has 0 unspecified atom stereocenters. The number of carbonyl (C=O) groups excluding carboxylic acids is 1. The summed E-state index contributed by atoms with van der Waals surface area (Å²) in [4.78, 5) is 25.0. The minimum Gasteiger partial charge on any atom is -0.497 e. The van der Waals surface area contributed by atoms with Crippen LogP contribution in [0.25, 0.3) is 0 Å². The van der Waals surface area contributed by atoms with Gasteiger partial charge in [-0.25, -0.2) is 9.48 Å². The molecule has 0 atom stereocenters. The molecular weight excluding hydrogens is 424 g/mol. The lowest BCUT2D eigenvalue weighted by Crippen LogP contribution is -2.30. The molecule has 0 bridgehead atoms. The van der Waals surface area contributed by atoms with Crippen LogP contribution in [0.1, 0.15) is 11.3 Å². The first-order valence-electron chi connectivity index (χ1n) is 8.50. The molecule has 0 saturated carbocycles. The summed E-state index contributed by atoms with van der Waals surface area (Å²) in [5.41, 5.74) is 1.86. The third-order valence-electron chi connectivity index (χ3n) is 3.91. The quantitative estimate of drug-likeness (QED) is 0.624. The lowest BCUT2D eigenvalue weighted by molar-refractivity contribution is 0.262. The maximum absolute atomic E-state index is 12.7. The van der Waals surface area contributed by atoms with Crippen LogP contribution in [0.4, 0.5) is 16.2 Å². The number of benzene rings is 2. The van der Waals surface area contributed by atoms with Crippen molar-refractivity contribution in [3.63, 3.8) is 0 Å². The lowest BCUT2D eigenvalue weighted by atomic mass is 10.2. The first-order chi connectivity index (χ1) is 13.4. The average molecular weight is 443 g/mol. The highest BCUT2D eigenvalue weighted by Crippen LogP contribution is 2.15. The minimum atomic E-state index is -0.502. The van der Waals surface area contributed by atoms with E-state index in [9.17, 15) is 9.59 Å². The zero-order chi connectivity index (χ0) is 20.1. The van der Waals surface area contributed by atoms with Crippen LogP contribution >= 0.6 is 15.9 Å². The number of urea groups is 1. The normalized spacial score (nSPS) is 10.4. The van der Waals surface area contributed by atoms with Gasteiger partial charge in [0.2, 0.25) is 0 Å². The number of aryl methyl sites for hydroxylation is 1. The van der Waals surface area contributed by atoms with Crippen molar-refractivity contribution in [3.05, 3.63) is 80.7 Å². The summed E-state index contributed by atoms with van der Waals surface area (Å²) in [5.74, 6) is 0.699. The predicted octanol–water partition coefficient (Wildman–Crippen LogP) is 4.02. The van der Waals surface area contributed by atoms with E-state index in [1.807, 2.05) is 36.4 Å². The van der Waals surface area contributed by atoms with Crippen molar-refractivity contribution in [3.8, 4) is 5.75 Å². The molecule has 0 aliphatic rings. The number of amides is 2. The summed E-state index contributed by atoms with van der Waals surface area (Å²) in [7, 11) is 1.59. The van der Waals surface area contributed by atoms with Crippen LogP contribution in [0.3, 0.4) is 0 Å². The topological polar surface area (TPSA) is 85.2 Å². The van der Waals surface area contributed by atoms with Crippen molar-refractivity contribution >= 4 is 33.3 Å². The number of methoxy groups -OCH3 is 1. The van der Waals surface area contributed by atoms with Crippen molar-refractivity contribution in [2.24, 2.45) is 0 Å². The van der Waals surface area contributed by atoms with E-state index >= 15 is 0 Å². The molecule has 0 saturated heterocycles. The zero-order valence-corrected chi connectivity index (χ0v) is 17.0. The van der Waals surface area contributed by atoms with Crippen LogP contribution < -0.4 is 20.9 Å². The van der Waals surface area contributed by atoms with E-state index in [4.69, 9.17) is 4.74 Å². The minimum absolute atomic E-state index is 0.157. The van der Waals surface area contributed by atoms with Gasteiger partial charge in [0.05, 0.1) is 19.3 Å². The summed E-state index contributed by atoms with van der Waals surface area (Å²) in [6.07, 6.45) is 0. The Balaban J connectivity index is 1.79. The van der Waals surface area contributed by atoms with Crippen LogP contribution in [-0.4, -0.2) is 22.9 Å². The summed E-state index contributed by atoms with van der Waals surface area (Å²) < 4.78 is 7.44. The molecule has 1 heterocycles. The third-order valence-corrected chi connectivity index (χ3v) is 4.44. The molecule has 7 nitrogen and oxygen atoms in total. The summed E-state index contributed by atoms with van der Waals surface area (Å²) in [6.45, 7) is 2.03. The highest BCUT2D eigenvalue weighted by Gasteiger charge is 2.11. The summed E-state index contributed by atoms with van der Waals surface area (Å²) in [5, 5.41) is 9.57. The van der Waals surface area contributed by atoms with Crippen molar-refractivity contribution in [1.82, 2.24) is 9.78 Å². The fourth-order valence-electron chi connectivity index (χ4n) is 2.63. The SMILES string of the molecule is COc1cccc(Cn2nc(C)cc(NC(=O)Nc3ccc(Br)cc3)c2=O)c1. The molecule has 0 spiro atoms. The van der Waals surface area contributed by atoms with Gasteiger partial charge < -0.3 is 15.4 Å². The number of halogens is 1. The molecule has 3 rings (SSSR count). The first-order valence-corrected chi connectivity index (χ1v) is 9.29. The van der Waals surface area contributed by atoms with E-state index in [0.717, 1.165) is 10.0 Å². The molecular formula is C20H19BrN4O3. The van der Waals surface area contributed by atoms with Gasteiger partial charge in [0, 0.05) is 10.2 Å². The van der Waals surface area contributed by atoms with E-state index in [-0.39, 0.29) is 17.8 Å². The summed E-state index contributed by atoms with van der Waals surface area (Å²) >= 11 is 3.34. The molecule has 2 N–H and O–H groups in total. The number of anilines is 2.